The number of nitrogens with zero attached hydrogens (tertiary/aromatic N) is 3. The van der Waals surface area contributed by atoms with Crippen LogP contribution in [0, 0.1) is 0 Å². The van der Waals surface area contributed by atoms with E-state index < -0.39 is 11.3 Å². The van der Waals surface area contributed by atoms with Crippen LogP contribution in [0.5, 0.6) is 0 Å². The molecule has 0 radical (unpaired) electrons. The van der Waals surface area contributed by atoms with E-state index in [1.165, 1.54) is 19.0 Å². The zero-order chi connectivity index (χ0) is 17.3. The van der Waals surface area contributed by atoms with Crippen molar-refractivity contribution in [3.8, 4) is 0 Å². The number of rotatable bonds is 4. The molecule has 126 valence electrons. The molecule has 1 aliphatic heterocycles. The van der Waals surface area contributed by atoms with Crippen LogP contribution in [0.2, 0.25) is 0 Å². The van der Waals surface area contributed by atoms with Crippen LogP contribution in [-0.4, -0.2) is 32.4 Å². The molecule has 0 bridgehead atoms. The summed E-state index contributed by atoms with van der Waals surface area (Å²) in [5.74, 6) is 0.520. The first-order valence-electron chi connectivity index (χ1n) is 7.31. The Morgan fingerprint density at radius 3 is 2.62 bits per heavy atom. The molecule has 0 fully saturated rings. The molecule has 0 saturated heterocycles. The van der Waals surface area contributed by atoms with Crippen molar-refractivity contribution in [3.63, 3.8) is 0 Å². The zero-order valence-electron chi connectivity index (χ0n) is 13.2. The Labute approximate surface area is 142 Å². The summed E-state index contributed by atoms with van der Waals surface area (Å²) in [7, 11) is 1.47. The fourth-order valence-corrected chi connectivity index (χ4v) is 2.92. The molecule has 2 heterocycles. The van der Waals surface area contributed by atoms with E-state index >= 15 is 0 Å². The van der Waals surface area contributed by atoms with Gasteiger partial charge in [0.15, 0.2) is 0 Å². The van der Waals surface area contributed by atoms with Gasteiger partial charge in [-0.05, 0) is 29.8 Å². The molecule has 24 heavy (non-hydrogen) atoms. The van der Waals surface area contributed by atoms with Gasteiger partial charge >= 0.3 is 0 Å². The first kappa shape index (κ1) is 16.4. The molecule has 3 rings (SSSR count). The van der Waals surface area contributed by atoms with E-state index in [1.807, 2.05) is 6.07 Å². The summed E-state index contributed by atoms with van der Waals surface area (Å²) >= 11 is -2.32. The van der Waals surface area contributed by atoms with Crippen LogP contribution in [-0.2, 0) is 16.1 Å². The number of benzene rings is 1. The third-order valence-electron chi connectivity index (χ3n) is 3.89. The Morgan fingerprint density at radius 1 is 1.38 bits per heavy atom. The van der Waals surface area contributed by atoms with Crippen LogP contribution in [0.3, 0.4) is 0 Å². The first-order chi connectivity index (χ1) is 11.5. The molecule has 0 aliphatic carbocycles. The van der Waals surface area contributed by atoms with E-state index in [1.54, 1.807) is 36.6 Å². The first-order valence-corrected chi connectivity index (χ1v) is 8.35. The number of carbonyl (C=O) groups is 1. The number of carbonyl (C=O) groups excluding carboxylic acids is 1. The van der Waals surface area contributed by atoms with Gasteiger partial charge in [-0.15, -0.1) is 0 Å². The lowest BCUT2D eigenvalue weighted by molar-refractivity contribution is -0.130. The monoisotopic (exact) mass is 346 g/mol. The Balaban J connectivity index is 1.85. The number of hydrazone groups is 1. The van der Waals surface area contributed by atoms with E-state index in [4.69, 9.17) is 4.42 Å². The average Bonchev–Trinajstić information content (AvgIpc) is 3.23. The minimum Gasteiger partial charge on any atom is -0.755 e. The second kappa shape index (κ2) is 6.58. The summed E-state index contributed by atoms with van der Waals surface area (Å²) in [5.41, 5.74) is 2.14. The second-order valence-corrected chi connectivity index (χ2v) is 6.39. The summed E-state index contributed by atoms with van der Waals surface area (Å²) in [4.78, 5) is 11.8. The van der Waals surface area contributed by atoms with Crippen LogP contribution in [0.4, 0.5) is 5.69 Å². The number of amides is 1. The number of furan rings is 1. The highest BCUT2D eigenvalue weighted by molar-refractivity contribution is 7.80. The maximum Gasteiger partial charge on any atom is 0.240 e. The van der Waals surface area contributed by atoms with E-state index in [-0.39, 0.29) is 11.9 Å². The number of hydrogen-bond donors (Lipinski definition) is 0. The molecule has 7 nitrogen and oxygen atoms in total. The van der Waals surface area contributed by atoms with Gasteiger partial charge in [0.25, 0.3) is 0 Å². The third kappa shape index (κ3) is 3.10. The van der Waals surface area contributed by atoms with Crippen molar-refractivity contribution in [1.82, 2.24) is 5.01 Å². The molecule has 0 N–H and O–H groups in total. The molecular weight excluding hydrogens is 330 g/mol. The molecule has 0 saturated carbocycles. The molecule has 8 heteroatoms. The van der Waals surface area contributed by atoms with Gasteiger partial charge in [-0.1, -0.05) is 12.1 Å². The summed E-state index contributed by atoms with van der Waals surface area (Å²) in [6.45, 7) is 1.46. The zero-order valence-corrected chi connectivity index (χ0v) is 14.0. The third-order valence-corrected chi connectivity index (χ3v) is 4.55. The number of hydrogen-bond acceptors (Lipinski definition) is 5. The van der Waals surface area contributed by atoms with Crippen LogP contribution in [0.15, 0.2) is 52.2 Å². The highest BCUT2D eigenvalue weighted by Crippen LogP contribution is 2.33. The number of anilines is 1. The van der Waals surface area contributed by atoms with E-state index in [0.717, 1.165) is 15.6 Å². The lowest BCUT2D eigenvalue weighted by Crippen LogP contribution is -2.23. The summed E-state index contributed by atoms with van der Waals surface area (Å²) < 4.78 is 28.5. The largest absolute Gasteiger partial charge is 0.755 e. The average molecular weight is 346 g/mol. The molecular formula is C16H16N3O4S-. The maximum absolute atomic E-state index is 11.8. The molecule has 2 aromatic rings. The van der Waals surface area contributed by atoms with Gasteiger partial charge in [0.2, 0.25) is 5.91 Å². The predicted molar refractivity (Wildman–Crippen MR) is 88.9 cm³/mol. The normalized spacial score (nSPS) is 18.4. The lowest BCUT2D eigenvalue weighted by Gasteiger charge is -2.21. The molecule has 2 atom stereocenters. The molecule has 0 spiro atoms. The van der Waals surface area contributed by atoms with Crippen molar-refractivity contribution in [3.05, 3.63) is 54.0 Å². The quantitative estimate of drug-likeness (QED) is 0.794. The smallest absolute Gasteiger partial charge is 0.240 e. The molecule has 2 unspecified atom stereocenters. The Morgan fingerprint density at radius 2 is 2.08 bits per heavy atom. The highest BCUT2D eigenvalue weighted by Gasteiger charge is 2.33. The van der Waals surface area contributed by atoms with Gasteiger partial charge < -0.3 is 13.3 Å². The SMILES string of the molecule is CC(=O)N1N=C(c2ccc(N(C)S(=O)[O-])cc2)CC1c1ccco1. The minimum absolute atomic E-state index is 0.162. The fourth-order valence-electron chi connectivity index (χ4n) is 2.63. The van der Waals surface area contributed by atoms with Crippen molar-refractivity contribution in [1.29, 1.82) is 0 Å². The van der Waals surface area contributed by atoms with E-state index in [0.29, 0.717) is 17.9 Å². The second-order valence-electron chi connectivity index (χ2n) is 5.41. The van der Waals surface area contributed by atoms with Crippen molar-refractivity contribution in [2.75, 3.05) is 11.4 Å². The molecule has 1 aromatic heterocycles. The molecule has 1 amide bonds. The van der Waals surface area contributed by atoms with Crippen molar-refractivity contribution >= 4 is 28.6 Å². The fraction of sp³-hybridized carbons (Fsp3) is 0.250. The van der Waals surface area contributed by atoms with Gasteiger partial charge in [0, 0.05) is 37.3 Å². The predicted octanol–water partition coefficient (Wildman–Crippen LogP) is 2.21. The van der Waals surface area contributed by atoms with Gasteiger partial charge in [0.1, 0.15) is 11.8 Å². The highest BCUT2D eigenvalue weighted by atomic mass is 32.2. The van der Waals surface area contributed by atoms with Crippen molar-refractivity contribution in [2.24, 2.45) is 5.10 Å². The van der Waals surface area contributed by atoms with Gasteiger partial charge in [0.05, 0.1) is 12.0 Å². The van der Waals surface area contributed by atoms with Crippen LogP contribution >= 0.6 is 0 Å². The van der Waals surface area contributed by atoms with Crippen molar-refractivity contribution < 1.29 is 18.0 Å². The molecule has 1 aliphatic rings. The summed E-state index contributed by atoms with van der Waals surface area (Å²) in [6.07, 6.45) is 2.11. The lowest BCUT2D eigenvalue weighted by atomic mass is 10.0. The minimum atomic E-state index is -2.32. The summed E-state index contributed by atoms with van der Waals surface area (Å²) in [5, 5.41) is 5.83. The van der Waals surface area contributed by atoms with Crippen LogP contribution in [0.1, 0.15) is 30.7 Å². The summed E-state index contributed by atoms with van der Waals surface area (Å²) in [6, 6.07) is 10.3. The topological polar surface area (TPSA) is 89.2 Å². The van der Waals surface area contributed by atoms with Crippen LogP contribution in [0.25, 0.3) is 0 Å². The molecule has 1 aromatic carbocycles. The maximum atomic E-state index is 11.8. The Hall–Kier alpha value is -2.45. The van der Waals surface area contributed by atoms with E-state index in [2.05, 4.69) is 5.10 Å². The standard InChI is InChI=1S/C16H17N3O4S/c1-11(20)19-15(16-4-3-9-23-16)10-14(17-19)12-5-7-13(8-6-12)18(2)24(21)22/h3-9,15H,10H2,1-2H3,(H,21,22)/p-1. The van der Waals surface area contributed by atoms with Crippen molar-refractivity contribution in [2.45, 2.75) is 19.4 Å². The van der Waals surface area contributed by atoms with Crippen LogP contribution < -0.4 is 4.31 Å². The van der Waals surface area contributed by atoms with Gasteiger partial charge in [-0.3, -0.25) is 9.00 Å². The van der Waals surface area contributed by atoms with Gasteiger partial charge in [-0.2, -0.15) is 5.10 Å². The van der Waals surface area contributed by atoms with E-state index in [9.17, 15) is 13.6 Å². The Kier molecular flexibility index (Phi) is 4.50. The van der Waals surface area contributed by atoms with Gasteiger partial charge in [-0.25, -0.2) is 5.01 Å². The Bertz CT molecular complexity index is 786.